The van der Waals surface area contributed by atoms with Crippen molar-refractivity contribution < 1.29 is 4.79 Å². The molecule has 0 N–H and O–H groups in total. The van der Waals surface area contributed by atoms with Gasteiger partial charge in [-0.15, -0.1) is 5.10 Å². The van der Waals surface area contributed by atoms with E-state index in [2.05, 4.69) is 10.3 Å². The lowest BCUT2D eigenvalue weighted by Crippen LogP contribution is -2.11. The van der Waals surface area contributed by atoms with Gasteiger partial charge in [0.2, 0.25) is 5.78 Å². The summed E-state index contributed by atoms with van der Waals surface area (Å²) < 4.78 is 1.42. The zero-order chi connectivity index (χ0) is 13.1. The molecule has 0 aliphatic heterocycles. The number of rotatable bonds is 3. The van der Waals surface area contributed by atoms with Crippen LogP contribution in [0.3, 0.4) is 0 Å². The molecule has 90 valence electrons. The maximum atomic E-state index is 12.1. The molecule has 1 aromatic heterocycles. The number of nitrogens with zero attached hydrogens (tertiary/aromatic N) is 4. The first-order chi connectivity index (χ1) is 8.61. The highest BCUT2D eigenvalue weighted by molar-refractivity contribution is 6.30. The third-order valence-electron chi connectivity index (χ3n) is 2.43. The lowest BCUT2D eigenvalue weighted by molar-refractivity contribution is 0.0974. The van der Waals surface area contributed by atoms with Crippen LogP contribution in [0.4, 0.5) is 0 Å². The fraction of sp³-hybridized carbons (Fsp3) is 0.167. The molecule has 0 saturated carbocycles. The maximum absolute atomic E-state index is 12.1. The Balaban J connectivity index is 2.35. The lowest BCUT2D eigenvalue weighted by Gasteiger charge is -2.06. The Bertz CT molecular complexity index is 629. The van der Waals surface area contributed by atoms with Gasteiger partial charge in [-0.25, -0.2) is 0 Å². The minimum atomic E-state index is -0.916. The molecule has 1 unspecified atom stereocenters. The summed E-state index contributed by atoms with van der Waals surface area (Å²) in [6, 6.07) is 8.64. The van der Waals surface area contributed by atoms with Crippen LogP contribution in [-0.4, -0.2) is 20.8 Å². The van der Waals surface area contributed by atoms with E-state index in [1.807, 2.05) is 6.07 Å². The summed E-state index contributed by atoms with van der Waals surface area (Å²) in [5, 5.41) is 17.0. The van der Waals surface area contributed by atoms with Crippen molar-refractivity contribution in [3.8, 4) is 6.07 Å². The Labute approximate surface area is 109 Å². The SMILES string of the molecule is Cn1cc(C(=O)C(C#N)c2cccc(Cl)c2)nn1. The monoisotopic (exact) mass is 260 g/mol. The van der Waals surface area contributed by atoms with Crippen molar-refractivity contribution in [3.63, 3.8) is 0 Å². The van der Waals surface area contributed by atoms with Crippen LogP contribution in [-0.2, 0) is 7.05 Å². The zero-order valence-electron chi connectivity index (χ0n) is 9.54. The number of hydrogen-bond donors (Lipinski definition) is 0. The third kappa shape index (κ3) is 2.39. The van der Waals surface area contributed by atoms with Crippen LogP contribution in [0.15, 0.2) is 30.5 Å². The summed E-state index contributed by atoms with van der Waals surface area (Å²) in [7, 11) is 1.66. The molecule has 5 nitrogen and oxygen atoms in total. The summed E-state index contributed by atoms with van der Waals surface area (Å²) >= 11 is 5.85. The van der Waals surface area contributed by atoms with Crippen LogP contribution in [0.2, 0.25) is 5.02 Å². The fourth-order valence-electron chi connectivity index (χ4n) is 1.58. The molecule has 0 fully saturated rings. The van der Waals surface area contributed by atoms with E-state index in [1.165, 1.54) is 10.9 Å². The third-order valence-corrected chi connectivity index (χ3v) is 2.66. The number of carbonyl (C=O) groups excluding carboxylic acids is 1. The molecule has 0 aliphatic rings. The molecule has 2 rings (SSSR count). The van der Waals surface area contributed by atoms with Crippen molar-refractivity contribution in [1.29, 1.82) is 5.26 Å². The van der Waals surface area contributed by atoms with Gasteiger partial charge in [0, 0.05) is 12.1 Å². The largest absolute Gasteiger partial charge is 0.290 e. The standard InChI is InChI=1S/C12H9ClN4O/c1-17-7-11(15-16-17)12(18)10(6-14)8-3-2-4-9(13)5-8/h2-5,7,10H,1H3. The Morgan fingerprint density at radius 1 is 1.56 bits per heavy atom. The predicted molar refractivity (Wildman–Crippen MR) is 65.1 cm³/mol. The average molecular weight is 261 g/mol. The second-order valence-corrected chi connectivity index (χ2v) is 4.20. The van der Waals surface area contributed by atoms with Crippen LogP contribution in [0.25, 0.3) is 0 Å². The van der Waals surface area contributed by atoms with E-state index in [0.717, 1.165) is 0 Å². The lowest BCUT2D eigenvalue weighted by atomic mass is 9.95. The van der Waals surface area contributed by atoms with Crippen molar-refractivity contribution in [2.45, 2.75) is 5.92 Å². The highest BCUT2D eigenvalue weighted by atomic mass is 35.5. The molecule has 1 aromatic carbocycles. The van der Waals surface area contributed by atoms with E-state index >= 15 is 0 Å². The highest BCUT2D eigenvalue weighted by Crippen LogP contribution is 2.22. The summed E-state index contributed by atoms with van der Waals surface area (Å²) in [4.78, 5) is 12.1. The summed E-state index contributed by atoms with van der Waals surface area (Å²) in [6.45, 7) is 0. The molecule has 2 aromatic rings. The van der Waals surface area contributed by atoms with Gasteiger partial charge in [0.1, 0.15) is 11.6 Å². The number of ketones is 1. The van der Waals surface area contributed by atoms with Gasteiger partial charge in [0.15, 0.2) is 0 Å². The zero-order valence-corrected chi connectivity index (χ0v) is 10.3. The Morgan fingerprint density at radius 2 is 2.33 bits per heavy atom. The first-order valence-electron chi connectivity index (χ1n) is 5.17. The second-order valence-electron chi connectivity index (χ2n) is 3.76. The number of halogens is 1. The number of aryl methyl sites for hydroxylation is 1. The Hall–Kier alpha value is -2.19. The van der Waals surface area contributed by atoms with Gasteiger partial charge in [0.25, 0.3) is 0 Å². The van der Waals surface area contributed by atoms with E-state index in [9.17, 15) is 4.79 Å². The van der Waals surface area contributed by atoms with Gasteiger partial charge in [-0.1, -0.05) is 28.9 Å². The minimum Gasteiger partial charge on any atom is -0.290 e. The summed E-state index contributed by atoms with van der Waals surface area (Å²) in [5.41, 5.74) is 0.727. The van der Waals surface area contributed by atoms with Gasteiger partial charge in [-0.05, 0) is 17.7 Å². The molecule has 0 radical (unpaired) electrons. The van der Waals surface area contributed by atoms with E-state index in [1.54, 1.807) is 31.3 Å². The Morgan fingerprint density at radius 3 is 2.89 bits per heavy atom. The van der Waals surface area contributed by atoms with Gasteiger partial charge in [-0.3, -0.25) is 9.48 Å². The quantitative estimate of drug-likeness (QED) is 0.791. The highest BCUT2D eigenvalue weighted by Gasteiger charge is 2.24. The summed E-state index contributed by atoms with van der Waals surface area (Å²) in [6.07, 6.45) is 1.48. The normalized spacial score (nSPS) is 11.8. The van der Waals surface area contributed by atoms with Crippen LogP contribution in [0.1, 0.15) is 22.0 Å². The maximum Gasteiger partial charge on any atom is 0.206 e. The van der Waals surface area contributed by atoms with Crippen LogP contribution < -0.4 is 0 Å². The van der Waals surface area contributed by atoms with E-state index in [-0.39, 0.29) is 11.5 Å². The molecule has 0 saturated heterocycles. The number of carbonyl (C=O) groups is 1. The van der Waals surface area contributed by atoms with Crippen LogP contribution in [0.5, 0.6) is 0 Å². The van der Waals surface area contributed by atoms with Crippen molar-refractivity contribution in [2.24, 2.45) is 7.05 Å². The van der Waals surface area contributed by atoms with Crippen LogP contribution >= 0.6 is 11.6 Å². The number of nitriles is 1. The number of aromatic nitrogens is 3. The molecule has 0 amide bonds. The van der Waals surface area contributed by atoms with Gasteiger partial charge >= 0.3 is 0 Å². The van der Waals surface area contributed by atoms with E-state index in [0.29, 0.717) is 10.6 Å². The molecule has 1 atom stereocenters. The average Bonchev–Trinajstić information content (AvgIpc) is 2.77. The fourth-order valence-corrected chi connectivity index (χ4v) is 1.78. The van der Waals surface area contributed by atoms with Gasteiger partial charge in [-0.2, -0.15) is 5.26 Å². The smallest absolute Gasteiger partial charge is 0.206 e. The molecule has 1 heterocycles. The number of hydrogen-bond acceptors (Lipinski definition) is 4. The molecular weight excluding hydrogens is 252 g/mol. The van der Waals surface area contributed by atoms with Crippen molar-refractivity contribution in [2.75, 3.05) is 0 Å². The van der Waals surface area contributed by atoms with Crippen molar-refractivity contribution in [1.82, 2.24) is 15.0 Å². The van der Waals surface area contributed by atoms with Crippen molar-refractivity contribution >= 4 is 17.4 Å². The molecule has 0 spiro atoms. The van der Waals surface area contributed by atoms with Crippen LogP contribution in [0, 0.1) is 11.3 Å². The second kappa shape index (κ2) is 4.98. The van der Waals surface area contributed by atoms with Crippen molar-refractivity contribution in [3.05, 3.63) is 46.7 Å². The van der Waals surface area contributed by atoms with Gasteiger partial charge in [0.05, 0.1) is 12.3 Å². The summed E-state index contributed by atoms with van der Waals surface area (Å²) in [5.74, 6) is -1.30. The predicted octanol–water partition coefficient (Wildman–Crippen LogP) is 1.96. The minimum absolute atomic E-state index is 0.170. The molecule has 0 aliphatic carbocycles. The molecule has 18 heavy (non-hydrogen) atoms. The topological polar surface area (TPSA) is 71.6 Å². The van der Waals surface area contributed by atoms with E-state index < -0.39 is 5.92 Å². The number of Topliss-reactive ketones (excluding diaryl/α,β-unsaturated/α-hetero) is 1. The van der Waals surface area contributed by atoms with Gasteiger partial charge < -0.3 is 0 Å². The Kier molecular flexibility index (Phi) is 3.40. The molecule has 0 bridgehead atoms. The number of benzene rings is 1. The molecular formula is C12H9ClN4O. The van der Waals surface area contributed by atoms with E-state index in [4.69, 9.17) is 16.9 Å². The molecule has 6 heteroatoms. The first-order valence-corrected chi connectivity index (χ1v) is 5.55. The first kappa shape index (κ1) is 12.3.